The van der Waals surface area contributed by atoms with E-state index in [0.29, 0.717) is 12.1 Å². The van der Waals surface area contributed by atoms with Gasteiger partial charge in [-0.1, -0.05) is 12.1 Å². The molecule has 1 nitrogen and oxygen atoms in total. The highest BCUT2D eigenvalue weighted by atomic mass is 19.1. The molecule has 2 rings (SSSR count). The summed E-state index contributed by atoms with van der Waals surface area (Å²) >= 11 is 0. The standard InChI is InChI=1S/C10H12FN/c11-10-8(6-12)5-4-7-2-1-3-9(7)10/h4-5H,1-3,6,12H2. The van der Waals surface area contributed by atoms with E-state index in [2.05, 4.69) is 0 Å². The number of hydrogen-bond acceptors (Lipinski definition) is 1. The van der Waals surface area contributed by atoms with Crippen LogP contribution in [0.4, 0.5) is 4.39 Å². The fourth-order valence-corrected chi connectivity index (χ4v) is 1.83. The molecule has 2 heteroatoms. The van der Waals surface area contributed by atoms with Crippen LogP contribution in [0.25, 0.3) is 0 Å². The fraction of sp³-hybridized carbons (Fsp3) is 0.400. The van der Waals surface area contributed by atoms with Gasteiger partial charge < -0.3 is 5.73 Å². The first-order chi connectivity index (χ1) is 5.83. The predicted molar refractivity (Wildman–Crippen MR) is 46.3 cm³/mol. The summed E-state index contributed by atoms with van der Waals surface area (Å²) in [4.78, 5) is 0. The Morgan fingerprint density at radius 3 is 2.92 bits per heavy atom. The number of aryl methyl sites for hydroxylation is 1. The van der Waals surface area contributed by atoms with Crippen molar-refractivity contribution in [1.82, 2.24) is 0 Å². The molecule has 0 radical (unpaired) electrons. The number of hydrogen-bond donors (Lipinski definition) is 1. The smallest absolute Gasteiger partial charge is 0.131 e. The molecule has 2 N–H and O–H groups in total. The molecular formula is C10H12FN. The quantitative estimate of drug-likeness (QED) is 0.674. The average Bonchev–Trinajstić information content (AvgIpc) is 2.53. The molecule has 0 saturated carbocycles. The van der Waals surface area contributed by atoms with Crippen molar-refractivity contribution in [3.8, 4) is 0 Å². The van der Waals surface area contributed by atoms with Crippen LogP contribution in [0.3, 0.4) is 0 Å². The molecule has 0 fully saturated rings. The number of halogens is 1. The van der Waals surface area contributed by atoms with Crippen LogP contribution in [0.15, 0.2) is 12.1 Å². The Morgan fingerprint density at radius 1 is 1.33 bits per heavy atom. The van der Waals surface area contributed by atoms with E-state index in [1.165, 1.54) is 5.56 Å². The van der Waals surface area contributed by atoms with Crippen LogP contribution in [0.5, 0.6) is 0 Å². The van der Waals surface area contributed by atoms with Gasteiger partial charge in [-0.2, -0.15) is 0 Å². The second-order valence-electron chi connectivity index (χ2n) is 3.23. The Hall–Kier alpha value is -0.890. The minimum atomic E-state index is -0.0625. The average molecular weight is 165 g/mol. The summed E-state index contributed by atoms with van der Waals surface area (Å²) in [5, 5.41) is 0. The van der Waals surface area contributed by atoms with E-state index >= 15 is 0 Å². The zero-order chi connectivity index (χ0) is 8.55. The molecular weight excluding hydrogens is 153 g/mol. The van der Waals surface area contributed by atoms with Crippen molar-refractivity contribution in [3.05, 3.63) is 34.6 Å². The van der Waals surface area contributed by atoms with E-state index in [9.17, 15) is 4.39 Å². The van der Waals surface area contributed by atoms with Gasteiger partial charge in [0, 0.05) is 12.1 Å². The summed E-state index contributed by atoms with van der Waals surface area (Å²) in [5.41, 5.74) is 8.13. The summed E-state index contributed by atoms with van der Waals surface area (Å²) in [6, 6.07) is 3.81. The molecule has 0 saturated heterocycles. The third-order valence-corrected chi connectivity index (χ3v) is 2.51. The van der Waals surface area contributed by atoms with Crippen LogP contribution >= 0.6 is 0 Å². The molecule has 0 atom stereocenters. The summed E-state index contributed by atoms with van der Waals surface area (Å²) in [7, 11) is 0. The summed E-state index contributed by atoms with van der Waals surface area (Å²) < 4.78 is 13.5. The largest absolute Gasteiger partial charge is 0.326 e. The summed E-state index contributed by atoms with van der Waals surface area (Å²) in [6.45, 7) is 0.305. The second kappa shape index (κ2) is 2.87. The Labute approximate surface area is 71.4 Å². The third kappa shape index (κ3) is 1.03. The van der Waals surface area contributed by atoms with Crippen LogP contribution in [0, 0.1) is 5.82 Å². The highest BCUT2D eigenvalue weighted by Gasteiger charge is 2.16. The Kier molecular flexibility index (Phi) is 1.85. The van der Waals surface area contributed by atoms with Crippen molar-refractivity contribution in [2.45, 2.75) is 25.8 Å². The van der Waals surface area contributed by atoms with Crippen molar-refractivity contribution < 1.29 is 4.39 Å². The summed E-state index contributed by atoms with van der Waals surface area (Å²) in [5.74, 6) is -0.0625. The van der Waals surface area contributed by atoms with Crippen molar-refractivity contribution in [3.63, 3.8) is 0 Å². The van der Waals surface area contributed by atoms with Crippen molar-refractivity contribution in [2.75, 3.05) is 0 Å². The maximum absolute atomic E-state index is 13.5. The van der Waals surface area contributed by atoms with Crippen molar-refractivity contribution in [1.29, 1.82) is 0 Å². The molecule has 0 aliphatic heterocycles. The molecule has 1 aliphatic carbocycles. The van der Waals surface area contributed by atoms with Crippen molar-refractivity contribution in [2.24, 2.45) is 5.73 Å². The van der Waals surface area contributed by atoms with E-state index in [4.69, 9.17) is 5.73 Å². The van der Waals surface area contributed by atoms with Gasteiger partial charge in [0.1, 0.15) is 5.82 Å². The van der Waals surface area contributed by atoms with E-state index in [1.807, 2.05) is 6.07 Å². The zero-order valence-corrected chi connectivity index (χ0v) is 6.94. The zero-order valence-electron chi connectivity index (χ0n) is 6.94. The number of nitrogens with two attached hydrogens (primary N) is 1. The number of rotatable bonds is 1. The van der Waals surface area contributed by atoms with Gasteiger partial charge in [-0.3, -0.25) is 0 Å². The minimum absolute atomic E-state index is 0.0625. The Bertz CT molecular complexity index is 307. The lowest BCUT2D eigenvalue weighted by Crippen LogP contribution is -2.02. The monoisotopic (exact) mass is 165 g/mol. The molecule has 0 heterocycles. The highest BCUT2D eigenvalue weighted by Crippen LogP contribution is 2.26. The van der Waals surface area contributed by atoms with Crippen LogP contribution in [0.2, 0.25) is 0 Å². The number of benzene rings is 1. The minimum Gasteiger partial charge on any atom is -0.326 e. The first-order valence-electron chi connectivity index (χ1n) is 4.32. The lowest BCUT2D eigenvalue weighted by atomic mass is 10.1. The predicted octanol–water partition coefficient (Wildman–Crippen LogP) is 1.77. The molecule has 0 spiro atoms. The van der Waals surface area contributed by atoms with Gasteiger partial charge in [-0.15, -0.1) is 0 Å². The molecule has 12 heavy (non-hydrogen) atoms. The highest BCUT2D eigenvalue weighted by molar-refractivity contribution is 5.36. The lowest BCUT2D eigenvalue weighted by molar-refractivity contribution is 0.596. The van der Waals surface area contributed by atoms with Gasteiger partial charge >= 0.3 is 0 Å². The first-order valence-corrected chi connectivity index (χ1v) is 4.32. The van der Waals surface area contributed by atoms with Gasteiger partial charge in [0.05, 0.1) is 0 Å². The van der Waals surface area contributed by atoms with Gasteiger partial charge in [-0.05, 0) is 30.4 Å². The molecule has 0 amide bonds. The van der Waals surface area contributed by atoms with E-state index < -0.39 is 0 Å². The maximum Gasteiger partial charge on any atom is 0.131 e. The fourth-order valence-electron chi connectivity index (χ4n) is 1.83. The lowest BCUT2D eigenvalue weighted by Gasteiger charge is -2.04. The Morgan fingerprint density at radius 2 is 2.17 bits per heavy atom. The third-order valence-electron chi connectivity index (χ3n) is 2.51. The van der Waals surface area contributed by atoms with Gasteiger partial charge in [0.2, 0.25) is 0 Å². The topological polar surface area (TPSA) is 26.0 Å². The SMILES string of the molecule is NCc1ccc2c(c1F)CCC2. The molecule has 1 aromatic carbocycles. The second-order valence-corrected chi connectivity index (χ2v) is 3.23. The van der Waals surface area contributed by atoms with E-state index in [0.717, 1.165) is 24.8 Å². The summed E-state index contributed by atoms with van der Waals surface area (Å²) in [6.07, 6.45) is 2.99. The number of fused-ring (bicyclic) bond motifs is 1. The van der Waals surface area contributed by atoms with Crippen LogP contribution < -0.4 is 5.73 Å². The molecule has 0 unspecified atom stereocenters. The van der Waals surface area contributed by atoms with Gasteiger partial charge in [-0.25, -0.2) is 4.39 Å². The van der Waals surface area contributed by atoms with Crippen LogP contribution in [-0.2, 0) is 19.4 Å². The first kappa shape index (κ1) is 7.74. The van der Waals surface area contributed by atoms with E-state index in [1.54, 1.807) is 6.07 Å². The van der Waals surface area contributed by atoms with Crippen LogP contribution in [0.1, 0.15) is 23.1 Å². The molecule has 0 bridgehead atoms. The molecule has 0 aromatic heterocycles. The van der Waals surface area contributed by atoms with E-state index in [-0.39, 0.29) is 5.82 Å². The molecule has 64 valence electrons. The molecule has 1 aromatic rings. The van der Waals surface area contributed by atoms with Gasteiger partial charge in [0.15, 0.2) is 0 Å². The van der Waals surface area contributed by atoms with Crippen LogP contribution in [-0.4, -0.2) is 0 Å². The normalized spacial score (nSPS) is 14.8. The maximum atomic E-state index is 13.5. The molecule has 1 aliphatic rings. The van der Waals surface area contributed by atoms with Crippen molar-refractivity contribution >= 4 is 0 Å². The Balaban J connectivity index is 2.54. The van der Waals surface area contributed by atoms with Gasteiger partial charge in [0.25, 0.3) is 0 Å².